The van der Waals surface area contributed by atoms with Crippen molar-refractivity contribution in [1.82, 2.24) is 10.2 Å². The number of hydrogen-bond donors (Lipinski definition) is 1. The lowest BCUT2D eigenvalue weighted by Gasteiger charge is -2.24. The van der Waals surface area contributed by atoms with Gasteiger partial charge in [-0.3, -0.25) is 0 Å². The van der Waals surface area contributed by atoms with E-state index in [0.717, 1.165) is 13.1 Å². The number of nitrogens with one attached hydrogen (secondary N) is 1. The molecule has 0 amide bonds. The van der Waals surface area contributed by atoms with Gasteiger partial charge in [-0.05, 0) is 54.7 Å². The minimum atomic E-state index is 0.426. The van der Waals surface area contributed by atoms with E-state index in [1.54, 1.807) is 11.3 Å². The fourth-order valence-corrected chi connectivity index (χ4v) is 3.45. The predicted octanol–water partition coefficient (Wildman–Crippen LogP) is 3.89. The van der Waals surface area contributed by atoms with Crippen LogP contribution in [0.3, 0.4) is 0 Å². The second kappa shape index (κ2) is 7.52. The Kier molecular flexibility index (Phi) is 6.70. The summed E-state index contributed by atoms with van der Waals surface area (Å²) in [7, 11) is 2.20. The summed E-state index contributed by atoms with van der Waals surface area (Å²) >= 11 is 5.39. The molecule has 17 heavy (non-hydrogen) atoms. The van der Waals surface area contributed by atoms with Gasteiger partial charge in [0, 0.05) is 34.5 Å². The SMILES string of the molecule is CCC(C)N(C)CCNC(C)c1sccc1Br. The number of nitrogens with zero attached hydrogens (tertiary/aromatic N) is 1. The molecule has 2 nitrogen and oxygen atoms in total. The van der Waals surface area contributed by atoms with Gasteiger partial charge in [-0.25, -0.2) is 0 Å². The third-order valence-electron chi connectivity index (χ3n) is 3.30. The standard InChI is InChI=1S/C13H23BrN2S/c1-5-10(2)16(4)8-7-15-11(3)13-12(14)6-9-17-13/h6,9-11,15H,5,7-8H2,1-4H3. The van der Waals surface area contributed by atoms with Crippen LogP contribution in [0.5, 0.6) is 0 Å². The molecule has 0 aliphatic heterocycles. The summed E-state index contributed by atoms with van der Waals surface area (Å²) in [6, 6.07) is 3.21. The van der Waals surface area contributed by atoms with Crippen LogP contribution in [0.4, 0.5) is 0 Å². The minimum Gasteiger partial charge on any atom is -0.308 e. The van der Waals surface area contributed by atoms with Crippen molar-refractivity contribution >= 4 is 27.3 Å². The zero-order chi connectivity index (χ0) is 12.8. The van der Waals surface area contributed by atoms with Crippen LogP contribution in [-0.4, -0.2) is 31.1 Å². The summed E-state index contributed by atoms with van der Waals surface area (Å²) in [5, 5.41) is 5.70. The highest BCUT2D eigenvalue weighted by atomic mass is 79.9. The molecule has 2 atom stereocenters. The predicted molar refractivity (Wildman–Crippen MR) is 80.8 cm³/mol. The van der Waals surface area contributed by atoms with Gasteiger partial charge in [-0.15, -0.1) is 11.3 Å². The van der Waals surface area contributed by atoms with Crippen LogP contribution in [0.1, 0.15) is 38.1 Å². The summed E-state index contributed by atoms with van der Waals surface area (Å²) in [5.74, 6) is 0. The third kappa shape index (κ3) is 4.70. The number of likely N-dealkylation sites (N-methyl/N-ethyl adjacent to an activating group) is 1. The molecular formula is C13H23BrN2S. The molecule has 0 saturated carbocycles. The van der Waals surface area contributed by atoms with Crippen LogP contribution in [-0.2, 0) is 0 Å². The smallest absolute Gasteiger partial charge is 0.0397 e. The highest BCUT2D eigenvalue weighted by molar-refractivity contribution is 9.10. The first-order valence-electron chi connectivity index (χ1n) is 6.22. The summed E-state index contributed by atoms with van der Waals surface area (Å²) < 4.78 is 1.22. The second-order valence-electron chi connectivity index (χ2n) is 4.55. The van der Waals surface area contributed by atoms with Crippen LogP contribution in [0.2, 0.25) is 0 Å². The lowest BCUT2D eigenvalue weighted by molar-refractivity contribution is 0.249. The second-order valence-corrected chi connectivity index (χ2v) is 6.35. The molecular weight excluding hydrogens is 296 g/mol. The average molecular weight is 319 g/mol. The van der Waals surface area contributed by atoms with E-state index in [0.29, 0.717) is 12.1 Å². The van der Waals surface area contributed by atoms with Gasteiger partial charge in [-0.1, -0.05) is 6.92 Å². The molecule has 0 aliphatic carbocycles. The Morgan fingerprint density at radius 3 is 2.71 bits per heavy atom. The van der Waals surface area contributed by atoms with Gasteiger partial charge in [0.15, 0.2) is 0 Å². The molecule has 1 aromatic heterocycles. The summed E-state index contributed by atoms with van der Waals surface area (Å²) in [4.78, 5) is 3.79. The van der Waals surface area contributed by atoms with Crippen molar-refractivity contribution in [3.8, 4) is 0 Å². The summed E-state index contributed by atoms with van der Waals surface area (Å²) in [6.45, 7) is 8.87. The van der Waals surface area contributed by atoms with Crippen molar-refractivity contribution in [1.29, 1.82) is 0 Å². The summed E-state index contributed by atoms with van der Waals surface area (Å²) in [6.07, 6.45) is 1.21. The van der Waals surface area contributed by atoms with E-state index in [-0.39, 0.29) is 0 Å². The highest BCUT2D eigenvalue weighted by Gasteiger charge is 2.11. The Bertz CT molecular complexity index is 327. The number of hydrogen-bond acceptors (Lipinski definition) is 3. The minimum absolute atomic E-state index is 0.426. The fourth-order valence-electron chi connectivity index (χ4n) is 1.70. The molecule has 0 spiro atoms. The van der Waals surface area contributed by atoms with E-state index in [9.17, 15) is 0 Å². The highest BCUT2D eigenvalue weighted by Crippen LogP contribution is 2.28. The Hall–Kier alpha value is 0.100. The Labute approximate surface area is 118 Å². The number of rotatable bonds is 7. The van der Waals surface area contributed by atoms with Gasteiger partial charge in [0.2, 0.25) is 0 Å². The van der Waals surface area contributed by atoms with Crippen molar-refractivity contribution in [3.63, 3.8) is 0 Å². The van der Waals surface area contributed by atoms with Crippen molar-refractivity contribution < 1.29 is 0 Å². The van der Waals surface area contributed by atoms with Crippen LogP contribution < -0.4 is 5.32 Å². The molecule has 0 aliphatic rings. The Balaban J connectivity index is 2.30. The van der Waals surface area contributed by atoms with E-state index >= 15 is 0 Å². The van der Waals surface area contributed by atoms with Gasteiger partial charge in [-0.2, -0.15) is 0 Å². The van der Waals surface area contributed by atoms with Crippen LogP contribution in [0, 0.1) is 0 Å². The molecule has 1 heterocycles. The monoisotopic (exact) mass is 318 g/mol. The molecule has 1 rings (SSSR count). The van der Waals surface area contributed by atoms with Crippen LogP contribution in [0.15, 0.2) is 15.9 Å². The van der Waals surface area contributed by atoms with Gasteiger partial charge >= 0.3 is 0 Å². The normalized spacial score (nSPS) is 15.2. The molecule has 0 radical (unpaired) electrons. The first-order valence-corrected chi connectivity index (χ1v) is 7.90. The van der Waals surface area contributed by atoms with Gasteiger partial charge < -0.3 is 10.2 Å². The van der Waals surface area contributed by atoms with Crippen LogP contribution in [0.25, 0.3) is 0 Å². The molecule has 0 fully saturated rings. The zero-order valence-corrected chi connectivity index (χ0v) is 13.6. The molecule has 0 aromatic carbocycles. The van der Waals surface area contributed by atoms with Crippen LogP contribution >= 0.6 is 27.3 Å². The molecule has 4 heteroatoms. The van der Waals surface area contributed by atoms with E-state index in [1.807, 2.05) is 0 Å². The van der Waals surface area contributed by atoms with E-state index in [4.69, 9.17) is 0 Å². The largest absolute Gasteiger partial charge is 0.308 e. The van der Waals surface area contributed by atoms with Crippen molar-refractivity contribution in [3.05, 3.63) is 20.8 Å². The molecule has 1 N–H and O–H groups in total. The zero-order valence-electron chi connectivity index (χ0n) is 11.2. The first-order chi connectivity index (χ1) is 8.06. The maximum Gasteiger partial charge on any atom is 0.0397 e. The topological polar surface area (TPSA) is 15.3 Å². The van der Waals surface area contributed by atoms with E-state index in [2.05, 4.69) is 65.4 Å². The Morgan fingerprint density at radius 1 is 1.47 bits per heavy atom. The van der Waals surface area contributed by atoms with Crippen molar-refractivity contribution in [2.45, 2.75) is 39.3 Å². The molecule has 0 bridgehead atoms. The van der Waals surface area contributed by atoms with Gasteiger partial charge in [0.25, 0.3) is 0 Å². The molecule has 98 valence electrons. The molecule has 0 saturated heterocycles. The maximum atomic E-state index is 3.58. The average Bonchev–Trinajstić information content (AvgIpc) is 2.74. The fraction of sp³-hybridized carbons (Fsp3) is 0.692. The van der Waals surface area contributed by atoms with Crippen molar-refractivity contribution in [2.24, 2.45) is 0 Å². The van der Waals surface area contributed by atoms with E-state index < -0.39 is 0 Å². The first kappa shape index (κ1) is 15.2. The van der Waals surface area contributed by atoms with E-state index in [1.165, 1.54) is 15.8 Å². The Morgan fingerprint density at radius 2 is 2.18 bits per heavy atom. The lowest BCUT2D eigenvalue weighted by Crippen LogP contribution is -2.35. The maximum absolute atomic E-state index is 3.58. The van der Waals surface area contributed by atoms with Gasteiger partial charge in [0.05, 0.1) is 0 Å². The molecule has 2 unspecified atom stereocenters. The summed E-state index contributed by atoms with van der Waals surface area (Å²) in [5.41, 5.74) is 0. The third-order valence-corrected chi connectivity index (χ3v) is 5.35. The lowest BCUT2D eigenvalue weighted by atomic mass is 10.2. The molecule has 1 aromatic rings. The van der Waals surface area contributed by atoms with Gasteiger partial charge in [0.1, 0.15) is 0 Å². The number of thiophene rings is 1. The van der Waals surface area contributed by atoms with Crippen molar-refractivity contribution in [2.75, 3.05) is 20.1 Å². The number of halogens is 1. The quantitative estimate of drug-likeness (QED) is 0.820.